The molecule has 4 heteroatoms. The van der Waals surface area contributed by atoms with Gasteiger partial charge in [0.05, 0.1) is 11.0 Å². The molecule has 0 aliphatic heterocycles. The number of carbonyl (C=O) groups is 1. The number of hydrogen-bond donors (Lipinski definition) is 2. The van der Waals surface area contributed by atoms with Crippen molar-refractivity contribution < 1.29 is 4.79 Å². The van der Waals surface area contributed by atoms with Gasteiger partial charge >= 0.3 is 0 Å². The van der Waals surface area contributed by atoms with Crippen LogP contribution in [0.4, 0.5) is 5.69 Å². The van der Waals surface area contributed by atoms with Gasteiger partial charge in [0.1, 0.15) is 5.82 Å². The summed E-state index contributed by atoms with van der Waals surface area (Å²) in [5.74, 6) is 1.38. The zero-order valence-corrected chi connectivity index (χ0v) is 13.8. The number of aromatic amines is 1. The highest BCUT2D eigenvalue weighted by molar-refractivity contribution is 5.94. The Kier molecular flexibility index (Phi) is 3.81. The summed E-state index contributed by atoms with van der Waals surface area (Å²) in [5.41, 5.74) is 5.44. The average Bonchev–Trinajstić information content (AvgIpc) is 3.34. The van der Waals surface area contributed by atoms with Crippen molar-refractivity contribution in [3.05, 3.63) is 59.4 Å². The number of hydrogen-bond acceptors (Lipinski definition) is 2. The normalized spacial score (nSPS) is 14.0. The molecular formula is C20H21N3O. The first kappa shape index (κ1) is 14.9. The van der Waals surface area contributed by atoms with Crippen molar-refractivity contribution in [1.29, 1.82) is 0 Å². The molecule has 24 heavy (non-hydrogen) atoms. The topological polar surface area (TPSA) is 57.8 Å². The number of benzene rings is 2. The van der Waals surface area contributed by atoms with Crippen LogP contribution in [0.5, 0.6) is 0 Å². The second-order valence-corrected chi connectivity index (χ2v) is 6.67. The maximum Gasteiger partial charge on any atom is 0.227 e. The van der Waals surface area contributed by atoms with Crippen LogP contribution < -0.4 is 5.32 Å². The molecule has 4 nitrogen and oxygen atoms in total. The molecule has 1 fully saturated rings. The number of amides is 1. The largest absolute Gasteiger partial charge is 0.342 e. The van der Waals surface area contributed by atoms with E-state index in [1.165, 1.54) is 11.1 Å². The molecule has 122 valence electrons. The Labute approximate surface area is 141 Å². The number of carbonyl (C=O) groups excluding carboxylic acids is 1. The van der Waals surface area contributed by atoms with E-state index in [4.69, 9.17) is 0 Å². The third-order valence-electron chi connectivity index (χ3n) is 4.48. The predicted octanol–water partition coefficient (Wildman–Crippen LogP) is 4.01. The van der Waals surface area contributed by atoms with Gasteiger partial charge in [-0.05, 0) is 61.6 Å². The van der Waals surface area contributed by atoms with E-state index in [1.54, 1.807) is 0 Å². The molecule has 1 aliphatic carbocycles. The van der Waals surface area contributed by atoms with Crippen molar-refractivity contribution in [1.82, 2.24) is 9.97 Å². The minimum atomic E-state index is 0.153. The summed E-state index contributed by atoms with van der Waals surface area (Å²) >= 11 is 0. The lowest BCUT2D eigenvalue weighted by Gasteiger charge is -2.06. The molecule has 1 aromatic heterocycles. The van der Waals surface area contributed by atoms with E-state index in [0.29, 0.717) is 0 Å². The Morgan fingerprint density at radius 3 is 2.92 bits per heavy atom. The Hall–Kier alpha value is -2.62. The van der Waals surface area contributed by atoms with Gasteiger partial charge in [-0.25, -0.2) is 4.98 Å². The van der Waals surface area contributed by atoms with Gasteiger partial charge in [-0.1, -0.05) is 18.2 Å². The first-order valence-corrected chi connectivity index (χ1v) is 8.52. The fourth-order valence-electron chi connectivity index (χ4n) is 2.95. The fourth-order valence-corrected chi connectivity index (χ4v) is 2.95. The molecule has 1 aliphatic rings. The number of nitrogens with one attached hydrogen (secondary N) is 2. The van der Waals surface area contributed by atoms with Gasteiger partial charge in [0.2, 0.25) is 5.91 Å². The molecule has 0 bridgehead atoms. The molecule has 1 saturated carbocycles. The first-order chi connectivity index (χ1) is 11.7. The van der Waals surface area contributed by atoms with Crippen molar-refractivity contribution in [3.8, 4) is 0 Å². The van der Waals surface area contributed by atoms with Crippen LogP contribution >= 0.6 is 0 Å². The lowest BCUT2D eigenvalue weighted by molar-refractivity contribution is -0.117. The summed E-state index contributed by atoms with van der Waals surface area (Å²) < 4.78 is 0. The summed E-state index contributed by atoms with van der Waals surface area (Å²) in [6.07, 6.45) is 3.80. The van der Waals surface area contributed by atoms with E-state index in [2.05, 4.69) is 52.5 Å². The zero-order valence-electron chi connectivity index (χ0n) is 13.8. The van der Waals surface area contributed by atoms with E-state index < -0.39 is 0 Å². The molecule has 1 amide bonds. The number of anilines is 1. The molecule has 0 atom stereocenters. The number of imidazole rings is 1. The molecule has 2 aromatic carbocycles. The van der Waals surface area contributed by atoms with E-state index in [1.807, 2.05) is 12.1 Å². The average molecular weight is 319 g/mol. The summed E-state index contributed by atoms with van der Waals surface area (Å²) in [4.78, 5) is 19.9. The zero-order chi connectivity index (χ0) is 16.5. The van der Waals surface area contributed by atoms with Crippen LogP contribution in [-0.2, 0) is 17.6 Å². The quantitative estimate of drug-likeness (QED) is 0.746. The van der Waals surface area contributed by atoms with E-state index in [9.17, 15) is 4.79 Å². The SMILES string of the molecule is Cc1ccc2nc(CCc3cccc(NC(=O)C4CC4)c3)[nH]c2c1. The van der Waals surface area contributed by atoms with E-state index in [0.717, 1.165) is 48.2 Å². The molecular weight excluding hydrogens is 298 g/mol. The third kappa shape index (κ3) is 3.32. The molecule has 1 heterocycles. The second-order valence-electron chi connectivity index (χ2n) is 6.67. The summed E-state index contributed by atoms with van der Waals surface area (Å²) in [6, 6.07) is 14.4. The van der Waals surface area contributed by atoms with E-state index >= 15 is 0 Å². The van der Waals surface area contributed by atoms with Crippen LogP contribution in [0, 0.1) is 12.8 Å². The van der Waals surface area contributed by atoms with Crippen LogP contribution in [0.3, 0.4) is 0 Å². The van der Waals surface area contributed by atoms with Crippen molar-refractivity contribution in [2.75, 3.05) is 5.32 Å². The highest BCUT2D eigenvalue weighted by Gasteiger charge is 2.29. The fraction of sp³-hybridized carbons (Fsp3) is 0.300. The van der Waals surface area contributed by atoms with Gasteiger partial charge in [-0.2, -0.15) is 0 Å². The monoisotopic (exact) mass is 319 g/mol. The minimum absolute atomic E-state index is 0.153. The maximum absolute atomic E-state index is 11.9. The highest BCUT2D eigenvalue weighted by Crippen LogP contribution is 2.30. The Morgan fingerprint density at radius 2 is 2.08 bits per heavy atom. The Balaban J connectivity index is 1.43. The first-order valence-electron chi connectivity index (χ1n) is 8.52. The maximum atomic E-state index is 11.9. The van der Waals surface area contributed by atoms with Gasteiger partial charge in [0.25, 0.3) is 0 Å². The smallest absolute Gasteiger partial charge is 0.227 e. The van der Waals surface area contributed by atoms with Crippen molar-refractivity contribution in [2.24, 2.45) is 5.92 Å². The Bertz CT molecular complexity index is 893. The third-order valence-corrected chi connectivity index (χ3v) is 4.48. The summed E-state index contributed by atoms with van der Waals surface area (Å²) in [7, 11) is 0. The van der Waals surface area contributed by atoms with Crippen LogP contribution in [0.1, 0.15) is 29.8 Å². The van der Waals surface area contributed by atoms with Crippen molar-refractivity contribution in [2.45, 2.75) is 32.6 Å². The molecule has 2 N–H and O–H groups in total. The van der Waals surface area contributed by atoms with Crippen molar-refractivity contribution in [3.63, 3.8) is 0 Å². The van der Waals surface area contributed by atoms with Crippen molar-refractivity contribution >= 4 is 22.6 Å². The number of fused-ring (bicyclic) bond motifs is 1. The number of nitrogens with zero attached hydrogens (tertiary/aromatic N) is 1. The minimum Gasteiger partial charge on any atom is -0.342 e. The molecule has 0 unspecified atom stereocenters. The predicted molar refractivity (Wildman–Crippen MR) is 96.0 cm³/mol. The van der Waals surface area contributed by atoms with Crippen LogP contribution in [-0.4, -0.2) is 15.9 Å². The molecule has 0 saturated heterocycles. The second kappa shape index (κ2) is 6.11. The lowest BCUT2D eigenvalue weighted by Crippen LogP contribution is -2.13. The van der Waals surface area contributed by atoms with E-state index in [-0.39, 0.29) is 11.8 Å². The van der Waals surface area contributed by atoms with Gasteiger partial charge in [0, 0.05) is 18.0 Å². The van der Waals surface area contributed by atoms with Gasteiger partial charge < -0.3 is 10.3 Å². The van der Waals surface area contributed by atoms with Crippen LogP contribution in [0.15, 0.2) is 42.5 Å². The van der Waals surface area contributed by atoms with Crippen LogP contribution in [0.2, 0.25) is 0 Å². The lowest BCUT2D eigenvalue weighted by atomic mass is 10.1. The van der Waals surface area contributed by atoms with Crippen LogP contribution in [0.25, 0.3) is 11.0 Å². The summed E-state index contributed by atoms with van der Waals surface area (Å²) in [5, 5.41) is 3.01. The molecule has 0 spiro atoms. The number of aryl methyl sites for hydroxylation is 3. The number of rotatable bonds is 5. The standard InChI is InChI=1S/C20H21N3O/c1-13-5-9-17-18(11-13)23-19(22-17)10-6-14-3-2-4-16(12-14)21-20(24)15-7-8-15/h2-5,9,11-12,15H,6-8,10H2,1H3,(H,21,24)(H,22,23). The van der Waals surface area contributed by atoms with Gasteiger partial charge in [0.15, 0.2) is 0 Å². The number of H-pyrrole nitrogens is 1. The molecule has 3 aromatic rings. The molecule has 4 rings (SSSR count). The van der Waals surface area contributed by atoms with Gasteiger partial charge in [-0.15, -0.1) is 0 Å². The number of aromatic nitrogens is 2. The highest BCUT2D eigenvalue weighted by atomic mass is 16.2. The molecule has 0 radical (unpaired) electrons. The Morgan fingerprint density at radius 1 is 1.21 bits per heavy atom. The van der Waals surface area contributed by atoms with Gasteiger partial charge in [-0.3, -0.25) is 4.79 Å². The summed E-state index contributed by atoms with van der Waals surface area (Å²) in [6.45, 7) is 2.08.